The number of carbonyl (C=O) groups is 2. The highest BCUT2D eigenvalue weighted by molar-refractivity contribution is 5.91. The van der Waals surface area contributed by atoms with Gasteiger partial charge in [-0.1, -0.05) is 0 Å². The molecule has 0 spiro atoms. The molecule has 0 saturated carbocycles. The zero-order valence-electron chi connectivity index (χ0n) is 17.9. The summed E-state index contributed by atoms with van der Waals surface area (Å²) in [4.78, 5) is 45.6. The van der Waals surface area contributed by atoms with Gasteiger partial charge in [-0.3, -0.25) is 19.0 Å². The molecule has 1 aliphatic heterocycles. The minimum atomic E-state index is -0.288. The van der Waals surface area contributed by atoms with E-state index in [-0.39, 0.29) is 35.9 Å². The van der Waals surface area contributed by atoms with Crippen molar-refractivity contribution >= 4 is 22.8 Å². The number of hydrogen-bond acceptors (Lipinski definition) is 6. The lowest BCUT2D eigenvalue weighted by atomic mass is 10.1. The number of fused-ring (bicyclic) bond motifs is 1. The molecule has 0 radical (unpaired) electrons. The third-order valence-electron chi connectivity index (χ3n) is 5.41. The van der Waals surface area contributed by atoms with Gasteiger partial charge >= 0.3 is 0 Å². The molecule has 0 N–H and O–H groups in total. The maximum atomic E-state index is 12.8. The average Bonchev–Trinajstić information content (AvgIpc) is 3.42. The molecular formula is C21H26N6O4. The average molecular weight is 426 g/mol. The molecule has 0 unspecified atom stereocenters. The number of carbonyl (C=O) groups excluding carboxylic acids is 2. The van der Waals surface area contributed by atoms with E-state index in [0.717, 1.165) is 0 Å². The van der Waals surface area contributed by atoms with Crippen LogP contribution in [0, 0.1) is 0 Å². The highest BCUT2D eigenvalue weighted by Crippen LogP contribution is 2.17. The lowest BCUT2D eigenvalue weighted by Crippen LogP contribution is -2.50. The van der Waals surface area contributed by atoms with Crippen LogP contribution in [0.25, 0.3) is 11.0 Å². The number of rotatable bonds is 4. The smallest absolute Gasteiger partial charge is 0.289 e. The number of piperazine rings is 1. The van der Waals surface area contributed by atoms with Gasteiger partial charge in [-0.15, -0.1) is 0 Å². The Kier molecular flexibility index (Phi) is 5.38. The zero-order chi connectivity index (χ0) is 22.2. The third-order valence-corrected chi connectivity index (χ3v) is 5.41. The molecule has 4 heterocycles. The molecule has 164 valence electrons. The Bertz CT molecular complexity index is 1150. The van der Waals surface area contributed by atoms with E-state index in [2.05, 4.69) is 10.1 Å². The molecule has 2 amide bonds. The molecule has 4 rings (SSSR count). The Labute approximate surface area is 179 Å². The molecule has 0 aromatic carbocycles. The highest BCUT2D eigenvalue weighted by atomic mass is 16.3. The van der Waals surface area contributed by atoms with Crippen LogP contribution >= 0.6 is 0 Å². The summed E-state index contributed by atoms with van der Waals surface area (Å²) in [5.41, 5.74) is 0.0451. The lowest BCUT2D eigenvalue weighted by Gasteiger charge is -2.34. The Morgan fingerprint density at radius 1 is 1.13 bits per heavy atom. The van der Waals surface area contributed by atoms with E-state index in [1.165, 1.54) is 23.4 Å². The topological polar surface area (TPSA) is 106 Å². The maximum Gasteiger partial charge on any atom is 0.289 e. The monoisotopic (exact) mass is 426 g/mol. The first-order valence-electron chi connectivity index (χ1n) is 10.3. The van der Waals surface area contributed by atoms with Crippen LogP contribution in [-0.2, 0) is 16.9 Å². The van der Waals surface area contributed by atoms with Gasteiger partial charge in [0.2, 0.25) is 5.91 Å². The summed E-state index contributed by atoms with van der Waals surface area (Å²) < 4.78 is 8.33. The molecule has 1 saturated heterocycles. The molecule has 10 heteroatoms. The fourth-order valence-corrected chi connectivity index (χ4v) is 3.69. The predicted molar refractivity (Wildman–Crippen MR) is 113 cm³/mol. The van der Waals surface area contributed by atoms with E-state index in [4.69, 9.17) is 4.42 Å². The summed E-state index contributed by atoms with van der Waals surface area (Å²) >= 11 is 0. The number of nitrogens with zero attached hydrogens (tertiary/aromatic N) is 6. The van der Waals surface area contributed by atoms with Crippen molar-refractivity contribution in [1.29, 1.82) is 0 Å². The van der Waals surface area contributed by atoms with Crippen LogP contribution in [0.2, 0.25) is 0 Å². The van der Waals surface area contributed by atoms with Crippen LogP contribution in [0.4, 0.5) is 0 Å². The standard InChI is InChI=1S/C21H26N6O4/c1-21(2,3)27-18-15(13-23-27)19(29)26(14-22-18)7-6-17(28)24-8-10-25(11-9-24)20(30)16-5-4-12-31-16/h4-5,12-14H,6-11H2,1-3H3. The van der Waals surface area contributed by atoms with Gasteiger partial charge in [-0.2, -0.15) is 5.10 Å². The second-order valence-electron chi connectivity index (χ2n) is 8.61. The molecule has 3 aromatic rings. The Morgan fingerprint density at radius 3 is 2.48 bits per heavy atom. The fourth-order valence-electron chi connectivity index (χ4n) is 3.69. The number of amides is 2. The number of hydrogen-bond donors (Lipinski definition) is 0. The number of furan rings is 1. The first-order chi connectivity index (χ1) is 14.8. The summed E-state index contributed by atoms with van der Waals surface area (Å²) in [5, 5.41) is 4.74. The SMILES string of the molecule is CC(C)(C)n1ncc2c(=O)n(CCC(=O)N3CCN(C(=O)c4ccco4)CC3)cnc21. The summed E-state index contributed by atoms with van der Waals surface area (Å²) in [7, 11) is 0. The van der Waals surface area contributed by atoms with E-state index >= 15 is 0 Å². The van der Waals surface area contributed by atoms with Crippen LogP contribution in [0.1, 0.15) is 37.7 Å². The van der Waals surface area contributed by atoms with Crippen molar-refractivity contribution in [3.63, 3.8) is 0 Å². The van der Waals surface area contributed by atoms with Crippen molar-refractivity contribution in [3.8, 4) is 0 Å². The molecule has 0 atom stereocenters. The summed E-state index contributed by atoms with van der Waals surface area (Å²) in [6, 6.07) is 3.31. The molecule has 3 aromatic heterocycles. The molecule has 1 aliphatic rings. The Morgan fingerprint density at radius 2 is 1.84 bits per heavy atom. The number of aromatic nitrogens is 4. The predicted octanol–water partition coefficient (Wildman–Crippen LogP) is 1.32. The van der Waals surface area contributed by atoms with E-state index in [1.807, 2.05) is 20.8 Å². The van der Waals surface area contributed by atoms with Gasteiger partial charge in [0.15, 0.2) is 11.4 Å². The minimum absolute atomic E-state index is 0.0533. The quantitative estimate of drug-likeness (QED) is 0.623. The van der Waals surface area contributed by atoms with Gasteiger partial charge in [-0.05, 0) is 32.9 Å². The van der Waals surface area contributed by atoms with E-state index in [1.54, 1.807) is 26.6 Å². The van der Waals surface area contributed by atoms with E-state index in [0.29, 0.717) is 43.0 Å². The Hall–Kier alpha value is -3.43. The van der Waals surface area contributed by atoms with Gasteiger partial charge in [-0.25, -0.2) is 9.67 Å². The molecule has 10 nitrogen and oxygen atoms in total. The second kappa shape index (κ2) is 8.01. The normalized spacial score (nSPS) is 14.9. The lowest BCUT2D eigenvalue weighted by molar-refractivity contribution is -0.132. The molecular weight excluding hydrogens is 400 g/mol. The van der Waals surface area contributed by atoms with E-state index in [9.17, 15) is 14.4 Å². The van der Waals surface area contributed by atoms with Gasteiger partial charge in [0.1, 0.15) is 5.39 Å². The van der Waals surface area contributed by atoms with Gasteiger partial charge in [0.05, 0.1) is 24.3 Å². The highest BCUT2D eigenvalue weighted by Gasteiger charge is 2.26. The first-order valence-corrected chi connectivity index (χ1v) is 10.3. The summed E-state index contributed by atoms with van der Waals surface area (Å²) in [6.45, 7) is 8.03. The first kappa shape index (κ1) is 20.8. The van der Waals surface area contributed by atoms with E-state index < -0.39 is 0 Å². The summed E-state index contributed by atoms with van der Waals surface area (Å²) in [6.07, 6.45) is 4.66. The molecule has 0 bridgehead atoms. The van der Waals surface area contributed by atoms with Crippen molar-refractivity contribution in [3.05, 3.63) is 47.0 Å². The second-order valence-corrected chi connectivity index (χ2v) is 8.61. The van der Waals surface area contributed by atoms with Crippen molar-refractivity contribution < 1.29 is 14.0 Å². The third kappa shape index (κ3) is 4.10. The largest absolute Gasteiger partial charge is 0.459 e. The van der Waals surface area contributed by atoms with Crippen LogP contribution in [-0.4, -0.2) is 67.1 Å². The summed E-state index contributed by atoms with van der Waals surface area (Å²) in [5.74, 6) is 0.0816. The van der Waals surface area contributed by atoms with Crippen molar-refractivity contribution in [2.75, 3.05) is 26.2 Å². The van der Waals surface area contributed by atoms with Crippen molar-refractivity contribution in [1.82, 2.24) is 29.1 Å². The van der Waals surface area contributed by atoms with Gasteiger partial charge < -0.3 is 14.2 Å². The fraction of sp³-hybridized carbons (Fsp3) is 0.476. The zero-order valence-corrected chi connectivity index (χ0v) is 17.9. The maximum absolute atomic E-state index is 12.8. The van der Waals surface area contributed by atoms with Crippen molar-refractivity contribution in [2.45, 2.75) is 39.3 Å². The van der Waals surface area contributed by atoms with Crippen LogP contribution < -0.4 is 5.56 Å². The Balaban J connectivity index is 1.36. The molecule has 0 aliphatic carbocycles. The minimum Gasteiger partial charge on any atom is -0.459 e. The van der Waals surface area contributed by atoms with Crippen LogP contribution in [0.15, 0.2) is 40.1 Å². The number of aryl methyl sites for hydroxylation is 1. The van der Waals surface area contributed by atoms with Crippen LogP contribution in [0.3, 0.4) is 0 Å². The molecule has 31 heavy (non-hydrogen) atoms. The van der Waals surface area contributed by atoms with Gasteiger partial charge in [0, 0.05) is 39.1 Å². The molecule has 1 fully saturated rings. The van der Waals surface area contributed by atoms with Crippen molar-refractivity contribution in [2.24, 2.45) is 0 Å². The van der Waals surface area contributed by atoms with Gasteiger partial charge in [0.25, 0.3) is 11.5 Å². The van der Waals surface area contributed by atoms with Crippen LogP contribution in [0.5, 0.6) is 0 Å².